The summed E-state index contributed by atoms with van der Waals surface area (Å²) in [7, 11) is 0. The molecule has 0 amide bonds. The van der Waals surface area contributed by atoms with Gasteiger partial charge in [0, 0.05) is 24.2 Å². The van der Waals surface area contributed by atoms with Gasteiger partial charge in [0.2, 0.25) is 0 Å². The highest BCUT2D eigenvalue weighted by atomic mass is 16.3. The van der Waals surface area contributed by atoms with Crippen molar-refractivity contribution in [3.05, 3.63) is 83.7 Å². The summed E-state index contributed by atoms with van der Waals surface area (Å²) >= 11 is 0. The van der Waals surface area contributed by atoms with Gasteiger partial charge in [0.25, 0.3) is 0 Å². The Kier molecular flexibility index (Phi) is 5.95. The summed E-state index contributed by atoms with van der Waals surface area (Å²) in [6, 6.07) is 13.5. The third-order valence-corrected chi connectivity index (χ3v) is 6.04. The first-order chi connectivity index (χ1) is 16.6. The van der Waals surface area contributed by atoms with Crippen LogP contribution in [0.2, 0.25) is 0 Å². The highest BCUT2D eigenvalue weighted by Crippen LogP contribution is 2.26. The molecule has 5 rings (SSSR count). The molecule has 0 aliphatic rings. The van der Waals surface area contributed by atoms with E-state index in [4.69, 9.17) is 5.10 Å². The molecule has 4 heterocycles. The zero-order valence-electron chi connectivity index (χ0n) is 18.9. The van der Waals surface area contributed by atoms with E-state index in [1.165, 1.54) is 0 Å². The predicted octanol–water partition coefficient (Wildman–Crippen LogP) is 2.27. The zero-order valence-corrected chi connectivity index (χ0v) is 18.9. The number of carbonyl (C=O) groups is 1. The number of rotatable bonds is 9. The molecule has 0 bridgehead atoms. The van der Waals surface area contributed by atoms with E-state index in [1.807, 2.05) is 57.7 Å². The maximum absolute atomic E-state index is 13.2. The van der Waals surface area contributed by atoms with E-state index in [0.29, 0.717) is 12.2 Å². The molecule has 0 saturated carbocycles. The van der Waals surface area contributed by atoms with E-state index in [1.54, 1.807) is 17.1 Å². The molecule has 9 nitrogen and oxygen atoms in total. The number of benzene rings is 1. The molecule has 1 aromatic carbocycles. The number of hydrogen-bond donors (Lipinski definition) is 2. The number of Topliss-reactive ketones (excluding diaryl/α,β-unsaturated/α-hetero) is 1. The van der Waals surface area contributed by atoms with Crippen LogP contribution in [0.25, 0.3) is 16.6 Å². The molecule has 2 N–H and O–H groups in total. The Balaban J connectivity index is 1.48. The van der Waals surface area contributed by atoms with Crippen molar-refractivity contribution in [2.45, 2.75) is 39.0 Å². The van der Waals surface area contributed by atoms with Gasteiger partial charge in [0.05, 0.1) is 48.9 Å². The monoisotopic (exact) mass is 458 g/mol. The third-order valence-electron chi connectivity index (χ3n) is 6.04. The molecule has 0 fully saturated rings. The van der Waals surface area contributed by atoms with Gasteiger partial charge in [-0.05, 0) is 36.2 Å². The van der Waals surface area contributed by atoms with Gasteiger partial charge in [0.15, 0.2) is 5.78 Å². The van der Waals surface area contributed by atoms with E-state index in [0.717, 1.165) is 39.9 Å². The molecule has 0 saturated heterocycles. The molecular weight excluding hydrogens is 432 g/mol. The smallest absolute Gasteiger partial charge is 0.185 e. The van der Waals surface area contributed by atoms with Gasteiger partial charge in [-0.1, -0.05) is 25.1 Å². The quantitative estimate of drug-likeness (QED) is 0.328. The molecule has 0 radical (unpaired) electrons. The van der Waals surface area contributed by atoms with Crippen LogP contribution in [0.15, 0.2) is 61.1 Å². The Morgan fingerprint density at radius 1 is 1.12 bits per heavy atom. The Hall–Kier alpha value is -3.82. The summed E-state index contributed by atoms with van der Waals surface area (Å²) in [5.41, 5.74) is 4.97. The molecule has 1 atom stereocenters. The van der Waals surface area contributed by atoms with Gasteiger partial charge in [-0.25, -0.2) is 4.98 Å². The van der Waals surface area contributed by atoms with Crippen molar-refractivity contribution in [3.63, 3.8) is 0 Å². The molecule has 5 aromatic rings. The van der Waals surface area contributed by atoms with Crippen molar-refractivity contribution in [1.29, 1.82) is 0 Å². The van der Waals surface area contributed by atoms with Crippen molar-refractivity contribution in [2.75, 3.05) is 6.61 Å². The first kappa shape index (κ1) is 22.0. The maximum Gasteiger partial charge on any atom is 0.185 e. The fraction of sp³-hybridized carbons (Fsp3) is 0.280. The van der Waals surface area contributed by atoms with Crippen LogP contribution in [-0.4, -0.2) is 57.7 Å². The van der Waals surface area contributed by atoms with Gasteiger partial charge in [-0.3, -0.25) is 18.6 Å². The molecular formula is C25H26N6O3. The summed E-state index contributed by atoms with van der Waals surface area (Å²) < 4.78 is 5.40. The number of hydrogen-bond acceptors (Lipinski definition) is 6. The van der Waals surface area contributed by atoms with Gasteiger partial charge in [0.1, 0.15) is 11.3 Å². The number of aliphatic hydroxyl groups is 2. The lowest BCUT2D eigenvalue weighted by molar-refractivity contribution is 0.0774. The number of ketones is 1. The van der Waals surface area contributed by atoms with E-state index in [2.05, 4.69) is 17.0 Å². The number of carbonyl (C=O) groups excluding carboxylic acids is 1. The molecule has 9 heteroatoms. The Morgan fingerprint density at radius 2 is 2.00 bits per heavy atom. The fourth-order valence-corrected chi connectivity index (χ4v) is 4.37. The van der Waals surface area contributed by atoms with Crippen molar-refractivity contribution >= 4 is 22.3 Å². The van der Waals surface area contributed by atoms with Crippen LogP contribution in [0.4, 0.5) is 0 Å². The molecule has 0 aliphatic heterocycles. The van der Waals surface area contributed by atoms with Gasteiger partial charge in [-0.15, -0.1) is 0 Å². The molecule has 34 heavy (non-hydrogen) atoms. The summed E-state index contributed by atoms with van der Waals surface area (Å²) in [4.78, 5) is 17.6. The minimum atomic E-state index is -0.878. The third kappa shape index (κ3) is 4.00. The lowest BCUT2D eigenvalue weighted by atomic mass is 10.0. The van der Waals surface area contributed by atoms with Crippen molar-refractivity contribution < 1.29 is 15.0 Å². The molecule has 0 spiro atoms. The number of aliphatic hydroxyl groups excluding tert-OH is 2. The summed E-state index contributed by atoms with van der Waals surface area (Å²) in [5.74, 6) is -0.00271. The lowest BCUT2D eigenvalue weighted by Gasteiger charge is -2.11. The highest BCUT2D eigenvalue weighted by molar-refractivity contribution is 5.99. The number of aryl methyl sites for hydroxylation is 1. The number of aromatic nitrogens is 6. The summed E-state index contributed by atoms with van der Waals surface area (Å²) in [6.45, 7) is 2.39. The maximum atomic E-state index is 13.2. The summed E-state index contributed by atoms with van der Waals surface area (Å²) in [5, 5.41) is 29.1. The normalized spacial score (nSPS) is 12.6. The van der Waals surface area contributed by atoms with Crippen molar-refractivity contribution in [1.82, 2.24) is 28.9 Å². The summed E-state index contributed by atoms with van der Waals surface area (Å²) in [6.07, 6.45) is 5.25. The average molecular weight is 459 g/mol. The highest BCUT2D eigenvalue weighted by Gasteiger charge is 2.19. The van der Waals surface area contributed by atoms with Gasteiger partial charge in [-0.2, -0.15) is 10.2 Å². The molecule has 174 valence electrons. The largest absolute Gasteiger partial charge is 0.394 e. The van der Waals surface area contributed by atoms with Crippen LogP contribution in [0, 0.1) is 0 Å². The average Bonchev–Trinajstić information content (AvgIpc) is 3.57. The number of fused-ring (bicyclic) bond motifs is 2. The molecule has 1 unspecified atom stereocenters. The van der Waals surface area contributed by atoms with Crippen LogP contribution < -0.4 is 0 Å². The number of pyridine rings is 1. The fourth-order valence-electron chi connectivity index (χ4n) is 4.37. The minimum absolute atomic E-state index is 0.00271. The first-order valence-electron chi connectivity index (χ1n) is 11.3. The Bertz CT molecular complexity index is 1460. The molecule has 4 aromatic heterocycles. The number of nitrogens with zero attached hydrogens (tertiary/aromatic N) is 6. The van der Waals surface area contributed by atoms with Crippen molar-refractivity contribution in [2.24, 2.45) is 0 Å². The van der Waals surface area contributed by atoms with Crippen molar-refractivity contribution in [3.8, 4) is 0 Å². The van der Waals surface area contributed by atoms with Gasteiger partial charge < -0.3 is 10.2 Å². The van der Waals surface area contributed by atoms with Crippen LogP contribution in [0.3, 0.4) is 0 Å². The second-order valence-electron chi connectivity index (χ2n) is 8.28. The minimum Gasteiger partial charge on any atom is -0.394 e. The first-order valence-corrected chi connectivity index (χ1v) is 11.3. The van der Waals surface area contributed by atoms with Crippen LogP contribution in [-0.2, 0) is 25.9 Å². The van der Waals surface area contributed by atoms with E-state index in [-0.39, 0.29) is 25.4 Å². The lowest BCUT2D eigenvalue weighted by Crippen LogP contribution is -2.22. The zero-order chi connectivity index (χ0) is 23.7. The van der Waals surface area contributed by atoms with E-state index >= 15 is 0 Å². The van der Waals surface area contributed by atoms with E-state index < -0.39 is 6.10 Å². The second kappa shape index (κ2) is 9.20. The van der Waals surface area contributed by atoms with Crippen LogP contribution >= 0.6 is 0 Å². The topological polar surface area (TPSA) is 110 Å². The Labute approximate surface area is 195 Å². The van der Waals surface area contributed by atoms with Crippen LogP contribution in [0.5, 0.6) is 0 Å². The number of imidazole rings is 1. The molecule has 0 aliphatic carbocycles. The second-order valence-corrected chi connectivity index (χ2v) is 8.28. The standard InChI is InChI=1S/C25H26N6O3/c1-2-20-25-17(12-23(34)22-13-26-24-8-3-4-11-29(22)24)6-5-7-21(25)31(28-20)14-18-9-10-27-30(18)15-19(33)16-32/h3-11,13,19,32-33H,2,12,14-16H2,1H3. The van der Waals surface area contributed by atoms with Crippen LogP contribution in [0.1, 0.15) is 34.4 Å². The van der Waals surface area contributed by atoms with E-state index in [9.17, 15) is 15.0 Å². The SMILES string of the molecule is CCc1nn(Cc2ccnn2CC(O)CO)c2cccc(CC(=O)c3cnc4ccccn34)c12. The predicted molar refractivity (Wildman–Crippen MR) is 127 cm³/mol. The van der Waals surface area contributed by atoms with Gasteiger partial charge >= 0.3 is 0 Å². The Morgan fingerprint density at radius 3 is 2.82 bits per heavy atom.